The van der Waals surface area contributed by atoms with Gasteiger partial charge in [0.2, 0.25) is 5.95 Å². The first kappa shape index (κ1) is 18.8. The molecule has 7 heteroatoms. The number of piperidine rings is 1. The number of hydrogen-bond donors (Lipinski definition) is 2. The van der Waals surface area contributed by atoms with Gasteiger partial charge in [-0.1, -0.05) is 12.1 Å². The van der Waals surface area contributed by atoms with Crippen LogP contribution >= 0.6 is 0 Å². The standard InChI is InChI=1S/C20H25N5O2/c1-14-5-3-6-17(15(14)2)24-19(27)18(26)23-13-16-7-11-25(12-8-16)20-21-9-4-10-22-20/h3-6,9-10,16H,7-8,11-13H2,1-2H3,(H,23,26)(H,24,27). The Labute approximate surface area is 159 Å². The van der Waals surface area contributed by atoms with Gasteiger partial charge in [-0.3, -0.25) is 9.59 Å². The molecule has 1 aromatic carbocycles. The highest BCUT2D eigenvalue weighted by atomic mass is 16.2. The van der Waals surface area contributed by atoms with Crippen molar-refractivity contribution in [2.75, 3.05) is 29.9 Å². The van der Waals surface area contributed by atoms with Crippen LogP contribution in [0.15, 0.2) is 36.7 Å². The first-order valence-electron chi connectivity index (χ1n) is 9.22. The molecule has 1 aromatic heterocycles. The van der Waals surface area contributed by atoms with Crippen LogP contribution in [0.2, 0.25) is 0 Å². The molecule has 2 N–H and O–H groups in total. The molecule has 3 rings (SSSR count). The average molecular weight is 367 g/mol. The van der Waals surface area contributed by atoms with Crippen LogP contribution in [0.4, 0.5) is 11.6 Å². The lowest BCUT2D eigenvalue weighted by molar-refractivity contribution is -0.136. The molecule has 7 nitrogen and oxygen atoms in total. The zero-order valence-electron chi connectivity index (χ0n) is 15.7. The smallest absolute Gasteiger partial charge is 0.313 e. The molecule has 0 aliphatic carbocycles. The van der Waals surface area contributed by atoms with Crippen molar-refractivity contribution in [2.24, 2.45) is 5.92 Å². The van der Waals surface area contributed by atoms with Gasteiger partial charge in [0, 0.05) is 37.7 Å². The van der Waals surface area contributed by atoms with E-state index in [1.54, 1.807) is 24.5 Å². The maximum atomic E-state index is 12.1. The van der Waals surface area contributed by atoms with Crippen LogP contribution in [-0.4, -0.2) is 41.4 Å². The predicted octanol–water partition coefficient (Wildman–Crippen LogP) is 2.06. The summed E-state index contributed by atoms with van der Waals surface area (Å²) in [4.78, 5) is 34.9. The fraction of sp³-hybridized carbons (Fsp3) is 0.400. The Balaban J connectivity index is 1.44. The van der Waals surface area contributed by atoms with Gasteiger partial charge in [-0.15, -0.1) is 0 Å². The molecular formula is C20H25N5O2. The summed E-state index contributed by atoms with van der Waals surface area (Å²) in [5.74, 6) is -0.126. The van der Waals surface area contributed by atoms with E-state index < -0.39 is 11.8 Å². The van der Waals surface area contributed by atoms with Gasteiger partial charge in [-0.25, -0.2) is 9.97 Å². The predicted molar refractivity (Wildman–Crippen MR) is 105 cm³/mol. The largest absolute Gasteiger partial charge is 0.348 e. The van der Waals surface area contributed by atoms with Gasteiger partial charge in [-0.05, 0) is 55.9 Å². The quantitative estimate of drug-likeness (QED) is 0.808. The molecule has 0 atom stereocenters. The van der Waals surface area contributed by atoms with E-state index in [9.17, 15) is 9.59 Å². The summed E-state index contributed by atoms with van der Waals surface area (Å²) >= 11 is 0. The van der Waals surface area contributed by atoms with Crippen molar-refractivity contribution in [2.45, 2.75) is 26.7 Å². The molecule has 27 heavy (non-hydrogen) atoms. The van der Waals surface area contributed by atoms with Gasteiger partial charge in [0.25, 0.3) is 0 Å². The highest BCUT2D eigenvalue weighted by Crippen LogP contribution is 2.20. The molecule has 0 saturated carbocycles. The van der Waals surface area contributed by atoms with Crippen LogP contribution in [0.25, 0.3) is 0 Å². The maximum absolute atomic E-state index is 12.1. The van der Waals surface area contributed by atoms with Crippen LogP contribution in [0.3, 0.4) is 0 Å². The molecule has 0 spiro atoms. The topological polar surface area (TPSA) is 87.2 Å². The van der Waals surface area contributed by atoms with Crippen molar-refractivity contribution in [3.05, 3.63) is 47.8 Å². The number of nitrogens with one attached hydrogen (secondary N) is 2. The maximum Gasteiger partial charge on any atom is 0.313 e. The van der Waals surface area contributed by atoms with Crippen LogP contribution in [-0.2, 0) is 9.59 Å². The van der Waals surface area contributed by atoms with Crippen molar-refractivity contribution >= 4 is 23.5 Å². The molecule has 0 radical (unpaired) electrons. The van der Waals surface area contributed by atoms with E-state index in [1.165, 1.54) is 0 Å². The van der Waals surface area contributed by atoms with Crippen molar-refractivity contribution in [1.29, 1.82) is 0 Å². The summed E-state index contributed by atoms with van der Waals surface area (Å²) < 4.78 is 0. The van der Waals surface area contributed by atoms with Gasteiger partial charge in [0.05, 0.1) is 0 Å². The van der Waals surface area contributed by atoms with E-state index in [4.69, 9.17) is 0 Å². The monoisotopic (exact) mass is 367 g/mol. The summed E-state index contributed by atoms with van der Waals surface area (Å²) in [7, 11) is 0. The van der Waals surface area contributed by atoms with Gasteiger partial charge in [0.15, 0.2) is 0 Å². The average Bonchev–Trinajstić information content (AvgIpc) is 2.70. The minimum atomic E-state index is -0.626. The lowest BCUT2D eigenvalue weighted by Gasteiger charge is -2.31. The van der Waals surface area contributed by atoms with Gasteiger partial charge >= 0.3 is 11.8 Å². The summed E-state index contributed by atoms with van der Waals surface area (Å²) in [6, 6.07) is 7.43. The lowest BCUT2D eigenvalue weighted by Crippen LogP contribution is -2.42. The van der Waals surface area contributed by atoms with Crippen molar-refractivity contribution in [3.63, 3.8) is 0 Å². The summed E-state index contributed by atoms with van der Waals surface area (Å²) in [5, 5.41) is 5.45. The van der Waals surface area contributed by atoms with Crippen molar-refractivity contribution in [1.82, 2.24) is 15.3 Å². The Morgan fingerprint density at radius 3 is 2.48 bits per heavy atom. The highest BCUT2D eigenvalue weighted by Gasteiger charge is 2.22. The molecule has 1 saturated heterocycles. The van der Waals surface area contributed by atoms with Crippen LogP contribution < -0.4 is 15.5 Å². The van der Waals surface area contributed by atoms with E-state index in [0.717, 1.165) is 43.0 Å². The van der Waals surface area contributed by atoms with Crippen molar-refractivity contribution in [3.8, 4) is 0 Å². The number of rotatable bonds is 4. The van der Waals surface area contributed by atoms with Gasteiger partial charge < -0.3 is 15.5 Å². The minimum absolute atomic E-state index is 0.349. The van der Waals surface area contributed by atoms with Crippen LogP contribution in [0, 0.1) is 19.8 Å². The normalized spacial score (nSPS) is 14.7. The Bertz CT molecular complexity index is 801. The first-order valence-corrected chi connectivity index (χ1v) is 9.22. The number of hydrogen-bond acceptors (Lipinski definition) is 5. The molecule has 1 fully saturated rings. The van der Waals surface area contributed by atoms with Gasteiger partial charge in [-0.2, -0.15) is 0 Å². The van der Waals surface area contributed by atoms with Gasteiger partial charge in [0.1, 0.15) is 0 Å². The second-order valence-electron chi connectivity index (χ2n) is 6.89. The Kier molecular flexibility index (Phi) is 6.01. The second kappa shape index (κ2) is 8.62. The lowest BCUT2D eigenvalue weighted by atomic mass is 9.97. The molecule has 0 bridgehead atoms. The SMILES string of the molecule is Cc1cccc(NC(=O)C(=O)NCC2CCN(c3ncccn3)CC2)c1C. The molecule has 2 amide bonds. The number of benzene rings is 1. The van der Waals surface area contributed by atoms with Crippen molar-refractivity contribution < 1.29 is 9.59 Å². The van der Waals surface area contributed by atoms with E-state index in [0.29, 0.717) is 18.2 Å². The summed E-state index contributed by atoms with van der Waals surface area (Å²) in [6.07, 6.45) is 5.33. The Morgan fingerprint density at radius 1 is 1.07 bits per heavy atom. The zero-order valence-corrected chi connectivity index (χ0v) is 15.7. The third kappa shape index (κ3) is 4.81. The van der Waals surface area contributed by atoms with Crippen LogP contribution in [0.1, 0.15) is 24.0 Å². The first-order chi connectivity index (χ1) is 13.0. The number of aryl methyl sites for hydroxylation is 1. The number of anilines is 2. The Morgan fingerprint density at radius 2 is 1.78 bits per heavy atom. The molecule has 2 aromatic rings. The Hall–Kier alpha value is -2.96. The second-order valence-corrected chi connectivity index (χ2v) is 6.89. The number of nitrogens with zero attached hydrogens (tertiary/aromatic N) is 3. The molecular weight excluding hydrogens is 342 g/mol. The summed E-state index contributed by atoms with van der Waals surface area (Å²) in [5.41, 5.74) is 2.71. The molecule has 1 aliphatic rings. The van der Waals surface area contributed by atoms with E-state index in [1.807, 2.05) is 26.0 Å². The zero-order chi connectivity index (χ0) is 19.2. The number of carbonyl (C=O) groups excluding carboxylic acids is 2. The number of amides is 2. The van der Waals surface area contributed by atoms with E-state index in [-0.39, 0.29) is 0 Å². The molecule has 0 unspecified atom stereocenters. The third-order valence-corrected chi connectivity index (χ3v) is 5.06. The summed E-state index contributed by atoms with van der Waals surface area (Å²) in [6.45, 7) is 6.09. The minimum Gasteiger partial charge on any atom is -0.348 e. The molecule has 2 heterocycles. The van der Waals surface area contributed by atoms with E-state index >= 15 is 0 Å². The van der Waals surface area contributed by atoms with E-state index in [2.05, 4.69) is 25.5 Å². The fourth-order valence-corrected chi connectivity index (χ4v) is 3.17. The number of carbonyl (C=O) groups is 2. The highest BCUT2D eigenvalue weighted by molar-refractivity contribution is 6.39. The third-order valence-electron chi connectivity index (χ3n) is 5.06. The number of aromatic nitrogens is 2. The molecule has 1 aliphatic heterocycles. The fourth-order valence-electron chi connectivity index (χ4n) is 3.17. The van der Waals surface area contributed by atoms with Crippen LogP contribution in [0.5, 0.6) is 0 Å². The molecule has 142 valence electrons.